The summed E-state index contributed by atoms with van der Waals surface area (Å²) in [6.45, 7) is 2.23. The van der Waals surface area contributed by atoms with Crippen molar-refractivity contribution in [2.75, 3.05) is 13.2 Å². The van der Waals surface area contributed by atoms with Crippen LogP contribution in [0.2, 0.25) is 0 Å². The van der Waals surface area contributed by atoms with E-state index < -0.39 is 5.97 Å². The molecule has 1 saturated heterocycles. The second-order valence-corrected chi connectivity index (χ2v) is 11.3. The van der Waals surface area contributed by atoms with Crippen LogP contribution in [0.1, 0.15) is 84.0 Å². The van der Waals surface area contributed by atoms with Gasteiger partial charge in [-0.25, -0.2) is 9.78 Å². The van der Waals surface area contributed by atoms with Crippen molar-refractivity contribution < 1.29 is 14.6 Å². The Morgan fingerprint density at radius 1 is 1.05 bits per heavy atom. The molecule has 1 saturated carbocycles. The zero-order valence-corrected chi connectivity index (χ0v) is 22.2. The van der Waals surface area contributed by atoms with Gasteiger partial charge in [0, 0.05) is 41.7 Å². The predicted octanol–water partition coefficient (Wildman–Crippen LogP) is 6.70. The standard InChI is InChI=1S/C32H34N4O3/c37-32(38)23-10-11-26-27(18-23)36-19-24(31-33-28(34-35-31)16-20-12-14-39-15-13-20)17-22-8-4-5-9-25(22)30(36)29(26)21-6-2-1-3-7-21/h4-5,8-11,17-18,20-21H,1-3,6-7,12-16,19H2,(H,37,38)(H,33,34,35). The second-order valence-electron chi connectivity index (χ2n) is 11.3. The van der Waals surface area contributed by atoms with Crippen LogP contribution in [-0.4, -0.2) is 44.0 Å². The number of fused-ring (bicyclic) bond motifs is 5. The van der Waals surface area contributed by atoms with Crippen LogP contribution in [0.4, 0.5) is 0 Å². The first-order valence-electron chi connectivity index (χ1n) is 14.3. The minimum atomic E-state index is -0.899. The van der Waals surface area contributed by atoms with Gasteiger partial charge in [-0.1, -0.05) is 49.6 Å². The predicted molar refractivity (Wildman–Crippen MR) is 152 cm³/mol. The molecule has 7 rings (SSSR count). The lowest BCUT2D eigenvalue weighted by atomic mass is 9.81. The van der Waals surface area contributed by atoms with Crippen molar-refractivity contribution in [2.24, 2.45) is 5.92 Å². The summed E-state index contributed by atoms with van der Waals surface area (Å²) in [6, 6.07) is 14.2. The molecule has 7 nitrogen and oxygen atoms in total. The Kier molecular flexibility index (Phi) is 6.31. The number of aromatic carboxylic acids is 1. The molecule has 0 bridgehead atoms. The van der Waals surface area contributed by atoms with E-state index in [1.54, 1.807) is 6.07 Å². The molecule has 2 aliphatic heterocycles. The van der Waals surface area contributed by atoms with Gasteiger partial charge in [-0.3, -0.25) is 5.10 Å². The molecule has 2 fully saturated rings. The first-order valence-corrected chi connectivity index (χ1v) is 14.3. The number of carbonyl (C=O) groups is 1. The summed E-state index contributed by atoms with van der Waals surface area (Å²) in [6.07, 6.45) is 11.3. The number of nitrogens with one attached hydrogen (secondary N) is 1. The fourth-order valence-electron chi connectivity index (χ4n) is 6.89. The second kappa shape index (κ2) is 10.1. The summed E-state index contributed by atoms with van der Waals surface area (Å²) in [5.74, 6) is 1.77. The number of hydrogen-bond acceptors (Lipinski definition) is 4. The molecule has 4 aromatic rings. The summed E-state index contributed by atoms with van der Waals surface area (Å²) >= 11 is 0. The third kappa shape index (κ3) is 4.48. The van der Waals surface area contributed by atoms with Gasteiger partial charge in [0.05, 0.1) is 17.8 Å². The Balaban J connectivity index is 1.37. The minimum Gasteiger partial charge on any atom is -0.478 e. The highest BCUT2D eigenvalue weighted by molar-refractivity contribution is 6.00. The Morgan fingerprint density at radius 2 is 1.87 bits per heavy atom. The number of benzene rings is 2. The number of ether oxygens (including phenoxy) is 1. The molecule has 0 unspecified atom stereocenters. The monoisotopic (exact) mass is 522 g/mol. The molecule has 3 aliphatic rings. The topological polar surface area (TPSA) is 93.0 Å². The Labute approximate surface area is 227 Å². The first kappa shape index (κ1) is 24.3. The van der Waals surface area contributed by atoms with Gasteiger partial charge in [0.2, 0.25) is 0 Å². The average molecular weight is 523 g/mol. The quantitative estimate of drug-likeness (QED) is 0.304. The summed E-state index contributed by atoms with van der Waals surface area (Å²) in [5.41, 5.74) is 7.31. The molecule has 2 aromatic heterocycles. The van der Waals surface area contributed by atoms with Crippen molar-refractivity contribution in [2.45, 2.75) is 63.8 Å². The number of H-pyrrole nitrogens is 1. The van der Waals surface area contributed by atoms with Crippen LogP contribution >= 0.6 is 0 Å². The summed E-state index contributed by atoms with van der Waals surface area (Å²) in [4.78, 5) is 16.9. The number of aromatic nitrogens is 4. The normalized spacial score (nSPS) is 18.4. The number of hydrogen-bond donors (Lipinski definition) is 2. The lowest BCUT2D eigenvalue weighted by Gasteiger charge is -2.24. The number of rotatable bonds is 5. The molecule has 0 radical (unpaired) electrons. The SMILES string of the molecule is O=C(O)c1ccc2c(C3CCCCC3)c3n(c2c1)CC(c1nc(CC2CCOCC2)n[nH]1)=Cc1ccccc1-3. The summed E-state index contributed by atoms with van der Waals surface area (Å²) < 4.78 is 7.86. The van der Waals surface area contributed by atoms with Crippen molar-refractivity contribution >= 4 is 28.5 Å². The number of carboxylic acids is 1. The fourth-order valence-corrected chi connectivity index (χ4v) is 6.89. The molecule has 4 heterocycles. The molecule has 39 heavy (non-hydrogen) atoms. The summed E-state index contributed by atoms with van der Waals surface area (Å²) in [7, 11) is 0. The molecule has 0 atom stereocenters. The highest BCUT2D eigenvalue weighted by Crippen LogP contribution is 2.47. The van der Waals surface area contributed by atoms with Gasteiger partial charge in [0.15, 0.2) is 11.6 Å². The van der Waals surface area contributed by atoms with E-state index in [2.05, 4.69) is 45.1 Å². The molecular formula is C32H34N4O3. The number of allylic oxidation sites excluding steroid dienone is 1. The lowest BCUT2D eigenvalue weighted by molar-refractivity contribution is 0.0659. The number of aromatic amines is 1. The lowest BCUT2D eigenvalue weighted by Crippen LogP contribution is -2.18. The maximum atomic E-state index is 12.0. The smallest absolute Gasteiger partial charge is 0.335 e. The molecule has 2 aromatic carbocycles. The first-order chi connectivity index (χ1) is 19.2. The van der Waals surface area contributed by atoms with E-state index in [1.807, 2.05) is 12.1 Å². The van der Waals surface area contributed by atoms with Gasteiger partial charge in [-0.2, -0.15) is 5.10 Å². The van der Waals surface area contributed by atoms with Crippen LogP contribution in [0.5, 0.6) is 0 Å². The highest BCUT2D eigenvalue weighted by atomic mass is 16.5. The Hall–Kier alpha value is -3.71. The van der Waals surface area contributed by atoms with E-state index in [0.29, 0.717) is 23.9 Å². The molecule has 2 N–H and O–H groups in total. The summed E-state index contributed by atoms with van der Waals surface area (Å²) in [5, 5.41) is 18.8. The van der Waals surface area contributed by atoms with E-state index in [-0.39, 0.29) is 0 Å². The minimum absolute atomic E-state index is 0.319. The van der Waals surface area contributed by atoms with Crippen LogP contribution in [-0.2, 0) is 17.7 Å². The fraction of sp³-hybridized carbons (Fsp3) is 0.406. The zero-order chi connectivity index (χ0) is 26.3. The molecule has 0 amide bonds. The maximum absolute atomic E-state index is 12.0. The van der Waals surface area contributed by atoms with Gasteiger partial charge in [0.25, 0.3) is 0 Å². The van der Waals surface area contributed by atoms with E-state index >= 15 is 0 Å². The van der Waals surface area contributed by atoms with Gasteiger partial charge < -0.3 is 14.4 Å². The van der Waals surface area contributed by atoms with Crippen molar-refractivity contribution in [3.63, 3.8) is 0 Å². The van der Waals surface area contributed by atoms with Crippen LogP contribution in [0.15, 0.2) is 42.5 Å². The largest absolute Gasteiger partial charge is 0.478 e. The van der Waals surface area contributed by atoms with Gasteiger partial charge in [0.1, 0.15) is 0 Å². The van der Waals surface area contributed by atoms with E-state index in [0.717, 1.165) is 60.8 Å². The average Bonchev–Trinajstić information content (AvgIpc) is 3.51. The Morgan fingerprint density at radius 3 is 2.69 bits per heavy atom. The molecule has 7 heteroatoms. The highest BCUT2D eigenvalue weighted by Gasteiger charge is 2.30. The van der Waals surface area contributed by atoms with Crippen molar-refractivity contribution in [3.05, 3.63) is 70.8 Å². The maximum Gasteiger partial charge on any atom is 0.335 e. The van der Waals surface area contributed by atoms with E-state index in [4.69, 9.17) is 9.72 Å². The van der Waals surface area contributed by atoms with Crippen LogP contribution in [0.3, 0.4) is 0 Å². The van der Waals surface area contributed by atoms with Crippen molar-refractivity contribution in [1.82, 2.24) is 19.7 Å². The van der Waals surface area contributed by atoms with Crippen molar-refractivity contribution in [1.29, 1.82) is 0 Å². The third-order valence-corrected chi connectivity index (χ3v) is 8.89. The molecular weight excluding hydrogens is 488 g/mol. The van der Waals surface area contributed by atoms with Crippen LogP contribution in [0.25, 0.3) is 33.8 Å². The van der Waals surface area contributed by atoms with Gasteiger partial charge in [-0.15, -0.1) is 0 Å². The van der Waals surface area contributed by atoms with Crippen LogP contribution < -0.4 is 0 Å². The van der Waals surface area contributed by atoms with E-state index in [1.165, 1.54) is 54.3 Å². The van der Waals surface area contributed by atoms with Gasteiger partial charge in [-0.05, 0) is 66.9 Å². The van der Waals surface area contributed by atoms with E-state index in [9.17, 15) is 9.90 Å². The molecule has 1 aliphatic carbocycles. The number of carboxylic acid groups (broad SMARTS) is 1. The van der Waals surface area contributed by atoms with Crippen LogP contribution in [0, 0.1) is 5.92 Å². The van der Waals surface area contributed by atoms with Gasteiger partial charge >= 0.3 is 5.97 Å². The third-order valence-electron chi connectivity index (χ3n) is 8.89. The number of nitrogens with zero attached hydrogens (tertiary/aromatic N) is 3. The molecule has 0 spiro atoms. The van der Waals surface area contributed by atoms with Crippen molar-refractivity contribution in [3.8, 4) is 11.3 Å². The zero-order valence-electron chi connectivity index (χ0n) is 22.2. The Bertz CT molecular complexity index is 1570. The molecule has 200 valence electrons.